The van der Waals surface area contributed by atoms with Crippen LogP contribution in [0.3, 0.4) is 0 Å². The summed E-state index contributed by atoms with van der Waals surface area (Å²) < 4.78 is 5.14. The first kappa shape index (κ1) is 15.2. The Morgan fingerprint density at radius 1 is 1.28 bits per heavy atom. The molecular formula is C16H27NO. The number of aryl methyl sites for hydroxylation is 1. The third kappa shape index (κ3) is 5.65. The molecule has 1 rings (SSSR count). The topological polar surface area (TPSA) is 21.3 Å². The van der Waals surface area contributed by atoms with Crippen LogP contribution < -0.4 is 5.32 Å². The Hall–Kier alpha value is -0.860. The molecule has 0 heterocycles. The van der Waals surface area contributed by atoms with E-state index in [4.69, 9.17) is 4.74 Å². The smallest absolute Gasteiger partial charge is 0.0462 e. The molecule has 0 saturated carbocycles. The zero-order valence-electron chi connectivity index (χ0n) is 12.0. The molecule has 0 aliphatic heterocycles. The van der Waals surface area contributed by atoms with E-state index in [0.29, 0.717) is 6.04 Å². The molecule has 2 heteroatoms. The normalized spacial score (nSPS) is 12.6. The predicted octanol–water partition coefficient (Wildman–Crippen LogP) is 3.33. The number of nitrogens with one attached hydrogen (secondary N) is 1. The van der Waals surface area contributed by atoms with Gasteiger partial charge in [0.15, 0.2) is 0 Å². The second-order valence-electron chi connectivity index (χ2n) is 4.92. The lowest BCUT2D eigenvalue weighted by atomic mass is 9.98. The van der Waals surface area contributed by atoms with Crippen LogP contribution in [0.25, 0.3) is 0 Å². The quantitative estimate of drug-likeness (QED) is 0.678. The minimum Gasteiger partial charge on any atom is -0.385 e. The maximum atomic E-state index is 5.14. The van der Waals surface area contributed by atoms with Crippen molar-refractivity contribution in [2.75, 3.05) is 20.3 Å². The third-order valence-corrected chi connectivity index (χ3v) is 3.31. The number of benzene rings is 1. The van der Waals surface area contributed by atoms with Crippen molar-refractivity contribution < 1.29 is 4.74 Å². The average molecular weight is 249 g/mol. The summed E-state index contributed by atoms with van der Waals surface area (Å²) in [6, 6.07) is 9.25. The number of rotatable bonds is 9. The van der Waals surface area contributed by atoms with Gasteiger partial charge in [-0.1, -0.05) is 31.2 Å². The molecule has 102 valence electrons. The van der Waals surface area contributed by atoms with E-state index in [2.05, 4.69) is 43.4 Å². The van der Waals surface area contributed by atoms with E-state index >= 15 is 0 Å². The van der Waals surface area contributed by atoms with E-state index in [1.807, 2.05) is 0 Å². The Labute approximate surface area is 112 Å². The Morgan fingerprint density at radius 2 is 2.06 bits per heavy atom. The first-order valence-electron chi connectivity index (χ1n) is 7.04. The van der Waals surface area contributed by atoms with Gasteiger partial charge in [-0.2, -0.15) is 0 Å². The Kier molecular flexibility index (Phi) is 7.70. The number of hydrogen-bond donors (Lipinski definition) is 1. The number of hydrogen-bond acceptors (Lipinski definition) is 2. The van der Waals surface area contributed by atoms with Gasteiger partial charge in [-0.05, 0) is 50.3 Å². The van der Waals surface area contributed by atoms with Crippen LogP contribution in [0.1, 0.15) is 37.3 Å². The largest absolute Gasteiger partial charge is 0.385 e. The fourth-order valence-corrected chi connectivity index (χ4v) is 2.20. The van der Waals surface area contributed by atoms with Crippen molar-refractivity contribution in [2.24, 2.45) is 0 Å². The summed E-state index contributed by atoms with van der Waals surface area (Å²) in [7, 11) is 1.77. The molecule has 0 amide bonds. The summed E-state index contributed by atoms with van der Waals surface area (Å²) in [5, 5.41) is 3.65. The van der Waals surface area contributed by atoms with E-state index in [1.165, 1.54) is 24.0 Å². The monoisotopic (exact) mass is 249 g/mol. The zero-order valence-corrected chi connectivity index (χ0v) is 12.0. The standard InChI is InChI=1S/C16H27NO/c1-4-11-17-16(10-7-12-18-3)13-15-9-6-5-8-14(15)2/h5-6,8-9,16-17H,4,7,10-13H2,1-3H3. The second-order valence-corrected chi connectivity index (χ2v) is 4.92. The summed E-state index contributed by atoms with van der Waals surface area (Å²) in [5.41, 5.74) is 2.86. The molecule has 0 bridgehead atoms. The van der Waals surface area contributed by atoms with Crippen molar-refractivity contribution in [3.05, 3.63) is 35.4 Å². The molecule has 0 aliphatic rings. The summed E-state index contributed by atoms with van der Waals surface area (Å²) in [6.45, 7) is 6.37. The number of methoxy groups -OCH3 is 1. The van der Waals surface area contributed by atoms with Crippen molar-refractivity contribution in [3.63, 3.8) is 0 Å². The first-order valence-corrected chi connectivity index (χ1v) is 7.04. The van der Waals surface area contributed by atoms with Crippen molar-refractivity contribution >= 4 is 0 Å². The second kappa shape index (κ2) is 9.12. The summed E-state index contributed by atoms with van der Waals surface area (Å²) in [5.74, 6) is 0. The zero-order chi connectivity index (χ0) is 13.2. The van der Waals surface area contributed by atoms with Crippen LogP contribution in [-0.4, -0.2) is 26.3 Å². The van der Waals surface area contributed by atoms with Gasteiger partial charge in [0.2, 0.25) is 0 Å². The highest BCUT2D eigenvalue weighted by molar-refractivity contribution is 5.26. The van der Waals surface area contributed by atoms with Crippen LogP contribution in [0, 0.1) is 6.92 Å². The molecule has 1 aromatic rings. The van der Waals surface area contributed by atoms with E-state index in [-0.39, 0.29) is 0 Å². The SMILES string of the molecule is CCCNC(CCCOC)Cc1ccccc1C. The van der Waals surface area contributed by atoms with Crippen molar-refractivity contribution in [1.82, 2.24) is 5.32 Å². The Bertz CT molecular complexity index is 325. The van der Waals surface area contributed by atoms with Crippen LogP contribution in [0.4, 0.5) is 0 Å². The van der Waals surface area contributed by atoms with Crippen LogP contribution in [0.5, 0.6) is 0 Å². The maximum absolute atomic E-state index is 5.14. The molecule has 0 aromatic heterocycles. The van der Waals surface area contributed by atoms with Gasteiger partial charge in [0, 0.05) is 19.8 Å². The fourth-order valence-electron chi connectivity index (χ4n) is 2.20. The molecule has 0 aliphatic carbocycles. The highest BCUT2D eigenvalue weighted by Gasteiger charge is 2.09. The van der Waals surface area contributed by atoms with Crippen LogP contribution in [-0.2, 0) is 11.2 Å². The lowest BCUT2D eigenvalue weighted by molar-refractivity contribution is 0.188. The van der Waals surface area contributed by atoms with Crippen molar-refractivity contribution in [1.29, 1.82) is 0 Å². The maximum Gasteiger partial charge on any atom is 0.0462 e. The molecule has 1 aromatic carbocycles. The summed E-state index contributed by atoms with van der Waals surface area (Å²) in [4.78, 5) is 0. The van der Waals surface area contributed by atoms with Gasteiger partial charge in [0.05, 0.1) is 0 Å². The summed E-state index contributed by atoms with van der Waals surface area (Å²) >= 11 is 0. The third-order valence-electron chi connectivity index (χ3n) is 3.31. The highest BCUT2D eigenvalue weighted by Crippen LogP contribution is 2.12. The van der Waals surface area contributed by atoms with Crippen LogP contribution >= 0.6 is 0 Å². The lowest BCUT2D eigenvalue weighted by Gasteiger charge is -2.19. The fraction of sp³-hybridized carbons (Fsp3) is 0.625. The van der Waals surface area contributed by atoms with E-state index in [1.54, 1.807) is 7.11 Å². The summed E-state index contributed by atoms with van der Waals surface area (Å²) in [6.07, 6.45) is 4.62. The molecule has 1 atom stereocenters. The highest BCUT2D eigenvalue weighted by atomic mass is 16.5. The molecule has 1 unspecified atom stereocenters. The van der Waals surface area contributed by atoms with Crippen molar-refractivity contribution in [3.8, 4) is 0 Å². The molecule has 0 fully saturated rings. The molecule has 18 heavy (non-hydrogen) atoms. The first-order chi connectivity index (χ1) is 8.77. The number of ether oxygens (including phenoxy) is 1. The van der Waals surface area contributed by atoms with Gasteiger partial charge >= 0.3 is 0 Å². The Morgan fingerprint density at radius 3 is 2.72 bits per heavy atom. The molecule has 1 N–H and O–H groups in total. The molecular weight excluding hydrogens is 222 g/mol. The van der Waals surface area contributed by atoms with Gasteiger partial charge in [-0.25, -0.2) is 0 Å². The van der Waals surface area contributed by atoms with Crippen molar-refractivity contribution in [2.45, 2.75) is 45.6 Å². The molecule has 0 radical (unpaired) electrons. The van der Waals surface area contributed by atoms with Gasteiger partial charge in [-0.3, -0.25) is 0 Å². The lowest BCUT2D eigenvalue weighted by Crippen LogP contribution is -2.32. The van der Waals surface area contributed by atoms with Crippen LogP contribution in [0.15, 0.2) is 24.3 Å². The average Bonchev–Trinajstić information content (AvgIpc) is 2.38. The molecule has 0 spiro atoms. The molecule has 0 saturated heterocycles. The minimum atomic E-state index is 0.571. The van der Waals surface area contributed by atoms with E-state index in [0.717, 1.165) is 26.0 Å². The van der Waals surface area contributed by atoms with E-state index in [9.17, 15) is 0 Å². The minimum absolute atomic E-state index is 0.571. The van der Waals surface area contributed by atoms with Gasteiger partial charge in [0.25, 0.3) is 0 Å². The van der Waals surface area contributed by atoms with Gasteiger partial charge in [-0.15, -0.1) is 0 Å². The predicted molar refractivity (Wildman–Crippen MR) is 78.1 cm³/mol. The molecule has 2 nitrogen and oxygen atoms in total. The van der Waals surface area contributed by atoms with E-state index < -0.39 is 0 Å². The van der Waals surface area contributed by atoms with Gasteiger partial charge < -0.3 is 10.1 Å². The Balaban J connectivity index is 2.51. The van der Waals surface area contributed by atoms with Gasteiger partial charge in [0.1, 0.15) is 0 Å². The van der Waals surface area contributed by atoms with Crippen LogP contribution in [0.2, 0.25) is 0 Å².